The van der Waals surface area contributed by atoms with Gasteiger partial charge in [-0.1, -0.05) is 5.16 Å². The molecule has 0 N–H and O–H groups in total. The molecule has 1 aromatic rings. The first-order valence-electron chi connectivity index (χ1n) is 4.16. The highest BCUT2D eigenvalue weighted by atomic mass is 32.2. The van der Waals surface area contributed by atoms with E-state index in [-0.39, 0.29) is 4.90 Å². The van der Waals surface area contributed by atoms with Crippen molar-refractivity contribution in [1.29, 1.82) is 0 Å². The minimum absolute atomic E-state index is 0.0360. The summed E-state index contributed by atoms with van der Waals surface area (Å²) < 4.78 is 32.1. The lowest BCUT2D eigenvalue weighted by Gasteiger charge is -2.02. The van der Waals surface area contributed by atoms with Gasteiger partial charge in [0, 0.05) is 6.21 Å². The van der Waals surface area contributed by atoms with Crippen molar-refractivity contribution in [3.8, 4) is 5.75 Å². The second-order valence-corrected chi connectivity index (χ2v) is 4.10. The Morgan fingerprint density at radius 1 is 1.27 bits per heavy atom. The predicted molar refractivity (Wildman–Crippen MR) is 55.4 cm³/mol. The van der Waals surface area contributed by atoms with Crippen LogP contribution < -0.4 is 4.74 Å². The fourth-order valence-corrected chi connectivity index (χ4v) is 1.64. The van der Waals surface area contributed by atoms with Gasteiger partial charge in [-0.05, 0) is 31.2 Å². The summed E-state index contributed by atoms with van der Waals surface area (Å²) in [5.41, 5.74) is 0. The molecule has 0 unspecified atom stereocenters. The maximum Gasteiger partial charge on any atom is 0.358 e. The molecule has 0 saturated carbocycles. The summed E-state index contributed by atoms with van der Waals surface area (Å²) in [4.78, 5) is 0.0360. The van der Waals surface area contributed by atoms with E-state index in [1.54, 1.807) is 6.92 Å². The monoisotopic (exact) mass is 229 g/mol. The van der Waals surface area contributed by atoms with Crippen LogP contribution in [0.1, 0.15) is 6.92 Å². The van der Waals surface area contributed by atoms with Crippen molar-refractivity contribution in [2.45, 2.75) is 11.8 Å². The number of hydrogen-bond acceptors (Lipinski definition) is 5. The molecule has 6 heteroatoms. The van der Waals surface area contributed by atoms with Crippen LogP contribution in [0, 0.1) is 0 Å². The third-order valence-electron chi connectivity index (χ3n) is 1.59. The van der Waals surface area contributed by atoms with Crippen molar-refractivity contribution in [3.63, 3.8) is 0 Å². The molecular weight excluding hydrogens is 218 g/mol. The van der Waals surface area contributed by atoms with Gasteiger partial charge in [0.15, 0.2) is 0 Å². The molecule has 1 aromatic carbocycles. The average molecular weight is 229 g/mol. The molecule has 0 amide bonds. The van der Waals surface area contributed by atoms with Crippen molar-refractivity contribution in [2.24, 2.45) is 5.16 Å². The first-order chi connectivity index (χ1) is 7.10. The van der Waals surface area contributed by atoms with Crippen molar-refractivity contribution >= 4 is 16.3 Å². The highest BCUT2D eigenvalue weighted by Crippen LogP contribution is 2.17. The summed E-state index contributed by atoms with van der Waals surface area (Å²) in [6.07, 6.45) is 1.25. The van der Waals surface area contributed by atoms with E-state index in [0.29, 0.717) is 5.75 Å². The summed E-state index contributed by atoms with van der Waals surface area (Å²) in [5, 5.41) is 3.22. The molecule has 0 spiro atoms. The zero-order chi connectivity index (χ0) is 11.3. The number of hydrogen-bond donors (Lipinski definition) is 0. The Hall–Kier alpha value is -1.56. The molecule has 0 saturated heterocycles. The zero-order valence-corrected chi connectivity index (χ0v) is 9.19. The molecule has 0 aliphatic heterocycles. The van der Waals surface area contributed by atoms with Crippen molar-refractivity contribution < 1.29 is 17.4 Å². The number of methoxy groups -OCH3 is 1. The Kier molecular flexibility index (Phi) is 3.68. The lowest BCUT2D eigenvalue weighted by molar-refractivity contribution is 0.340. The van der Waals surface area contributed by atoms with Gasteiger partial charge in [-0.3, -0.25) is 4.28 Å². The van der Waals surface area contributed by atoms with E-state index in [0.717, 1.165) is 0 Å². The summed E-state index contributed by atoms with van der Waals surface area (Å²) >= 11 is 0. The SMILES string of the molecule is CC=NOS(=O)(=O)c1ccc(OC)cc1. The normalized spacial score (nSPS) is 11.6. The highest BCUT2D eigenvalue weighted by Gasteiger charge is 2.14. The fraction of sp³-hybridized carbons (Fsp3) is 0.222. The van der Waals surface area contributed by atoms with Crippen molar-refractivity contribution in [3.05, 3.63) is 24.3 Å². The van der Waals surface area contributed by atoms with E-state index in [4.69, 9.17) is 4.74 Å². The van der Waals surface area contributed by atoms with Gasteiger partial charge >= 0.3 is 10.1 Å². The molecule has 0 atom stereocenters. The Labute approximate surface area is 88.4 Å². The van der Waals surface area contributed by atoms with Gasteiger partial charge < -0.3 is 4.74 Å². The van der Waals surface area contributed by atoms with Gasteiger partial charge in [0.2, 0.25) is 0 Å². The van der Waals surface area contributed by atoms with Crippen LogP contribution in [0.5, 0.6) is 5.75 Å². The van der Waals surface area contributed by atoms with Crippen LogP contribution in [-0.2, 0) is 14.4 Å². The highest BCUT2D eigenvalue weighted by molar-refractivity contribution is 7.86. The summed E-state index contributed by atoms with van der Waals surface area (Å²) in [7, 11) is -2.30. The van der Waals surface area contributed by atoms with Gasteiger partial charge in [0.1, 0.15) is 10.6 Å². The number of oxime groups is 1. The second kappa shape index (κ2) is 4.79. The van der Waals surface area contributed by atoms with E-state index < -0.39 is 10.1 Å². The lowest BCUT2D eigenvalue weighted by atomic mass is 10.3. The zero-order valence-electron chi connectivity index (χ0n) is 8.38. The molecule has 0 heterocycles. The molecule has 15 heavy (non-hydrogen) atoms. The molecule has 0 aliphatic rings. The number of benzene rings is 1. The smallest absolute Gasteiger partial charge is 0.358 e. The minimum atomic E-state index is -3.80. The molecule has 5 nitrogen and oxygen atoms in total. The molecule has 82 valence electrons. The quantitative estimate of drug-likeness (QED) is 0.578. The van der Waals surface area contributed by atoms with Crippen LogP contribution in [0.25, 0.3) is 0 Å². The van der Waals surface area contributed by atoms with Gasteiger partial charge in [-0.25, -0.2) is 0 Å². The molecule has 0 fully saturated rings. The minimum Gasteiger partial charge on any atom is -0.497 e. The standard InChI is InChI=1S/C9H11NO4S/c1-3-10-14-15(11,12)9-6-4-8(13-2)5-7-9/h3-7H,1-2H3. The van der Waals surface area contributed by atoms with Crippen LogP contribution in [0.15, 0.2) is 34.3 Å². The molecule has 0 aliphatic carbocycles. The first kappa shape index (κ1) is 11.5. The largest absolute Gasteiger partial charge is 0.497 e. The summed E-state index contributed by atoms with van der Waals surface area (Å²) in [5.74, 6) is 0.577. The van der Waals surface area contributed by atoms with E-state index >= 15 is 0 Å². The molecule has 0 aromatic heterocycles. The first-order valence-corrected chi connectivity index (χ1v) is 5.56. The van der Waals surface area contributed by atoms with Gasteiger partial charge in [-0.2, -0.15) is 8.42 Å². The predicted octanol–water partition coefficient (Wildman–Crippen LogP) is 1.41. The maximum absolute atomic E-state index is 11.4. The third kappa shape index (κ3) is 2.95. The van der Waals surface area contributed by atoms with Gasteiger partial charge in [0.05, 0.1) is 7.11 Å². The third-order valence-corrected chi connectivity index (χ3v) is 2.73. The van der Waals surface area contributed by atoms with Gasteiger partial charge in [-0.15, -0.1) is 0 Å². The van der Waals surface area contributed by atoms with Crippen LogP contribution in [0.2, 0.25) is 0 Å². The lowest BCUT2D eigenvalue weighted by Crippen LogP contribution is -2.02. The summed E-state index contributed by atoms with van der Waals surface area (Å²) in [6.45, 7) is 1.56. The van der Waals surface area contributed by atoms with E-state index in [9.17, 15) is 8.42 Å². The van der Waals surface area contributed by atoms with Crippen molar-refractivity contribution in [1.82, 2.24) is 0 Å². The van der Waals surface area contributed by atoms with E-state index in [1.165, 1.54) is 37.6 Å². The molecule has 0 bridgehead atoms. The van der Waals surface area contributed by atoms with Crippen molar-refractivity contribution in [2.75, 3.05) is 7.11 Å². The Morgan fingerprint density at radius 2 is 1.87 bits per heavy atom. The fourth-order valence-electron chi connectivity index (χ4n) is 0.885. The number of rotatable bonds is 4. The van der Waals surface area contributed by atoms with E-state index in [1.807, 2.05) is 0 Å². The van der Waals surface area contributed by atoms with E-state index in [2.05, 4.69) is 9.44 Å². The molecule has 0 radical (unpaired) electrons. The average Bonchev–Trinajstić information content (AvgIpc) is 2.26. The molecule has 1 rings (SSSR count). The Morgan fingerprint density at radius 3 is 2.33 bits per heavy atom. The van der Waals surface area contributed by atoms with Gasteiger partial charge in [0.25, 0.3) is 0 Å². The Bertz CT molecular complexity index is 436. The number of ether oxygens (including phenoxy) is 1. The van der Waals surface area contributed by atoms with Crippen LogP contribution in [0.4, 0.5) is 0 Å². The maximum atomic E-state index is 11.4. The van der Waals surface area contributed by atoms with Crippen LogP contribution >= 0.6 is 0 Å². The number of nitrogens with zero attached hydrogens (tertiary/aromatic N) is 1. The van der Waals surface area contributed by atoms with Crippen LogP contribution in [-0.4, -0.2) is 21.7 Å². The Balaban J connectivity index is 2.95. The topological polar surface area (TPSA) is 65.0 Å². The molecular formula is C9H11NO4S. The summed E-state index contributed by atoms with van der Waals surface area (Å²) in [6, 6.07) is 5.84. The van der Waals surface area contributed by atoms with Crippen LogP contribution in [0.3, 0.4) is 0 Å². The second-order valence-electron chi connectivity index (χ2n) is 2.57.